The third-order valence-electron chi connectivity index (χ3n) is 3.88. The number of aryl methyl sites for hydroxylation is 1. The van der Waals surface area contributed by atoms with Crippen molar-refractivity contribution in [2.24, 2.45) is 5.92 Å². The van der Waals surface area contributed by atoms with Crippen LogP contribution in [0.3, 0.4) is 0 Å². The molecule has 1 aliphatic heterocycles. The van der Waals surface area contributed by atoms with Gasteiger partial charge >= 0.3 is 0 Å². The monoisotopic (exact) mass is 327 g/mol. The molecule has 2 rings (SSSR count). The molecule has 1 N–H and O–H groups in total. The molecule has 1 aromatic rings. The largest absolute Gasteiger partial charge is 0.342 e. The van der Waals surface area contributed by atoms with Crippen molar-refractivity contribution in [3.05, 3.63) is 39.9 Å². The van der Waals surface area contributed by atoms with Gasteiger partial charge < -0.3 is 10.2 Å². The van der Waals surface area contributed by atoms with Crippen molar-refractivity contribution in [3.8, 4) is 0 Å². The van der Waals surface area contributed by atoms with Crippen molar-refractivity contribution in [2.45, 2.75) is 19.3 Å². The first-order chi connectivity index (χ1) is 10.1. The molecule has 0 bridgehead atoms. The van der Waals surface area contributed by atoms with Gasteiger partial charge in [0.15, 0.2) is 0 Å². The maximum Gasteiger partial charge on any atom is 0.269 e. The Morgan fingerprint density at radius 1 is 1.50 bits per heavy atom. The van der Waals surface area contributed by atoms with Crippen molar-refractivity contribution in [3.63, 3.8) is 0 Å². The number of nitrogens with zero attached hydrogens (tertiary/aromatic N) is 2. The lowest BCUT2D eigenvalue weighted by Crippen LogP contribution is -2.30. The van der Waals surface area contributed by atoms with Crippen LogP contribution in [0.1, 0.15) is 18.4 Å². The molecule has 0 aliphatic carbocycles. The number of nitrogens with one attached hydrogen (secondary N) is 1. The predicted octanol–water partition coefficient (Wildman–Crippen LogP) is 2.02. The van der Waals surface area contributed by atoms with E-state index in [1.165, 1.54) is 6.07 Å². The highest BCUT2D eigenvalue weighted by Crippen LogP contribution is 2.18. The van der Waals surface area contributed by atoms with Crippen LogP contribution in [0.15, 0.2) is 24.3 Å². The van der Waals surface area contributed by atoms with Crippen LogP contribution in [0.4, 0.5) is 5.69 Å². The van der Waals surface area contributed by atoms with Crippen LogP contribution in [-0.4, -0.2) is 42.4 Å². The molecule has 1 unspecified atom stereocenters. The number of non-ortho nitro benzene ring substituents is 1. The number of hydrogen-bond donors (Lipinski definition) is 1. The van der Waals surface area contributed by atoms with Gasteiger partial charge in [0.1, 0.15) is 0 Å². The first kappa shape index (κ1) is 18.4. The molecule has 0 aromatic heterocycles. The van der Waals surface area contributed by atoms with Gasteiger partial charge in [-0.1, -0.05) is 12.1 Å². The molecular weight excluding hydrogens is 306 g/mol. The van der Waals surface area contributed by atoms with Crippen molar-refractivity contribution in [1.82, 2.24) is 10.2 Å². The molecule has 7 heteroatoms. The molecule has 0 spiro atoms. The SMILES string of the molecule is CNCC1CCN(C(=O)CCc2cccc([N+](=O)[O-])c2)C1.Cl. The molecule has 1 aliphatic rings. The summed E-state index contributed by atoms with van der Waals surface area (Å²) in [6.45, 7) is 2.57. The average Bonchev–Trinajstić information content (AvgIpc) is 2.94. The Morgan fingerprint density at radius 2 is 2.27 bits per heavy atom. The molecule has 1 amide bonds. The van der Waals surface area contributed by atoms with Crippen molar-refractivity contribution in [2.75, 3.05) is 26.7 Å². The standard InChI is InChI=1S/C15H21N3O3.ClH/c1-16-10-13-7-8-17(11-13)15(19)6-5-12-3-2-4-14(9-12)18(20)21;/h2-4,9,13,16H,5-8,10-11H2,1H3;1H. The summed E-state index contributed by atoms with van der Waals surface area (Å²) in [5, 5.41) is 13.9. The van der Waals surface area contributed by atoms with Gasteiger partial charge in [-0.05, 0) is 37.9 Å². The number of benzene rings is 1. The van der Waals surface area contributed by atoms with E-state index in [0.717, 1.165) is 31.6 Å². The number of rotatable bonds is 6. The van der Waals surface area contributed by atoms with E-state index in [4.69, 9.17) is 0 Å². The van der Waals surface area contributed by atoms with E-state index >= 15 is 0 Å². The second-order valence-electron chi connectivity index (χ2n) is 5.48. The molecule has 1 aromatic carbocycles. The topological polar surface area (TPSA) is 75.5 Å². The molecule has 1 saturated heterocycles. The van der Waals surface area contributed by atoms with Crippen LogP contribution < -0.4 is 5.32 Å². The normalized spacial score (nSPS) is 17.1. The Morgan fingerprint density at radius 3 is 2.95 bits per heavy atom. The van der Waals surface area contributed by atoms with Crippen LogP contribution in [0.2, 0.25) is 0 Å². The highest BCUT2D eigenvalue weighted by atomic mass is 35.5. The first-order valence-corrected chi connectivity index (χ1v) is 7.26. The van der Waals surface area contributed by atoms with Gasteiger partial charge in [-0.3, -0.25) is 14.9 Å². The summed E-state index contributed by atoms with van der Waals surface area (Å²) in [6, 6.07) is 6.50. The van der Waals surface area contributed by atoms with E-state index < -0.39 is 4.92 Å². The molecule has 22 heavy (non-hydrogen) atoms. The van der Waals surface area contributed by atoms with Gasteiger partial charge in [-0.15, -0.1) is 12.4 Å². The summed E-state index contributed by atoms with van der Waals surface area (Å²) < 4.78 is 0. The van der Waals surface area contributed by atoms with E-state index in [0.29, 0.717) is 18.8 Å². The van der Waals surface area contributed by atoms with Crippen molar-refractivity contribution >= 4 is 24.0 Å². The smallest absolute Gasteiger partial charge is 0.269 e. The minimum absolute atomic E-state index is 0. The van der Waals surface area contributed by atoms with Crippen LogP contribution in [0.5, 0.6) is 0 Å². The second-order valence-corrected chi connectivity index (χ2v) is 5.48. The lowest BCUT2D eigenvalue weighted by Gasteiger charge is -2.16. The number of nitro benzene ring substituents is 1. The first-order valence-electron chi connectivity index (χ1n) is 7.26. The fourth-order valence-electron chi connectivity index (χ4n) is 2.75. The van der Waals surface area contributed by atoms with Crippen LogP contribution in [0, 0.1) is 16.0 Å². The number of halogens is 1. The van der Waals surface area contributed by atoms with Crippen LogP contribution >= 0.6 is 12.4 Å². The molecular formula is C15H22ClN3O3. The number of carbonyl (C=O) groups is 1. The number of amides is 1. The van der Waals surface area contributed by atoms with Crippen LogP contribution in [-0.2, 0) is 11.2 Å². The molecule has 1 fully saturated rings. The fraction of sp³-hybridized carbons (Fsp3) is 0.533. The molecule has 1 heterocycles. The maximum absolute atomic E-state index is 12.2. The summed E-state index contributed by atoms with van der Waals surface area (Å²) in [5.74, 6) is 0.678. The number of carbonyl (C=O) groups excluding carboxylic acids is 1. The highest BCUT2D eigenvalue weighted by molar-refractivity contribution is 5.85. The lowest BCUT2D eigenvalue weighted by molar-refractivity contribution is -0.384. The third kappa shape index (κ3) is 4.96. The molecule has 0 saturated carbocycles. The Balaban J connectivity index is 0.00000242. The lowest BCUT2D eigenvalue weighted by atomic mass is 10.1. The summed E-state index contributed by atoms with van der Waals surface area (Å²) in [5.41, 5.74) is 0.915. The van der Waals surface area contributed by atoms with E-state index in [2.05, 4.69) is 5.32 Å². The van der Waals surface area contributed by atoms with Gasteiger partial charge in [-0.2, -0.15) is 0 Å². The second kappa shape index (κ2) is 8.70. The summed E-state index contributed by atoms with van der Waals surface area (Å²) >= 11 is 0. The minimum Gasteiger partial charge on any atom is -0.342 e. The third-order valence-corrected chi connectivity index (χ3v) is 3.88. The van der Waals surface area contributed by atoms with Crippen molar-refractivity contribution in [1.29, 1.82) is 0 Å². The molecule has 0 radical (unpaired) electrons. The summed E-state index contributed by atoms with van der Waals surface area (Å²) in [7, 11) is 1.92. The molecule has 6 nitrogen and oxygen atoms in total. The van der Waals surface area contributed by atoms with E-state index in [-0.39, 0.29) is 24.0 Å². The zero-order chi connectivity index (χ0) is 15.2. The van der Waals surface area contributed by atoms with Crippen molar-refractivity contribution < 1.29 is 9.72 Å². The van der Waals surface area contributed by atoms with E-state index in [9.17, 15) is 14.9 Å². The number of likely N-dealkylation sites (tertiary alicyclic amines) is 1. The Hall–Kier alpha value is -1.66. The maximum atomic E-state index is 12.2. The Labute approximate surface area is 136 Å². The van der Waals surface area contributed by atoms with Gasteiger partial charge in [0.05, 0.1) is 4.92 Å². The summed E-state index contributed by atoms with van der Waals surface area (Å²) in [6.07, 6.45) is 2.00. The minimum atomic E-state index is -0.409. The Bertz CT molecular complexity index is 525. The number of hydrogen-bond acceptors (Lipinski definition) is 4. The predicted molar refractivity (Wildman–Crippen MR) is 87.3 cm³/mol. The zero-order valence-corrected chi connectivity index (χ0v) is 13.5. The number of nitro groups is 1. The van der Waals surface area contributed by atoms with Crippen LogP contribution in [0.25, 0.3) is 0 Å². The zero-order valence-electron chi connectivity index (χ0n) is 12.7. The average molecular weight is 328 g/mol. The molecule has 1 atom stereocenters. The van der Waals surface area contributed by atoms with Gasteiger partial charge in [0.25, 0.3) is 5.69 Å². The fourth-order valence-corrected chi connectivity index (χ4v) is 2.75. The van der Waals surface area contributed by atoms with E-state index in [1.807, 2.05) is 18.0 Å². The van der Waals surface area contributed by atoms with Gasteiger partial charge in [-0.25, -0.2) is 0 Å². The van der Waals surface area contributed by atoms with E-state index in [1.54, 1.807) is 12.1 Å². The van der Waals surface area contributed by atoms with Gasteiger partial charge in [0.2, 0.25) is 5.91 Å². The Kier molecular flexibility index (Phi) is 7.27. The van der Waals surface area contributed by atoms with Gasteiger partial charge in [0, 0.05) is 31.6 Å². The highest BCUT2D eigenvalue weighted by Gasteiger charge is 2.25. The quantitative estimate of drug-likeness (QED) is 0.640. The molecule has 122 valence electrons. The summed E-state index contributed by atoms with van der Waals surface area (Å²) in [4.78, 5) is 24.4.